The van der Waals surface area contributed by atoms with Gasteiger partial charge in [-0.15, -0.1) is 11.8 Å². The summed E-state index contributed by atoms with van der Waals surface area (Å²) in [5.41, 5.74) is 2.70. The summed E-state index contributed by atoms with van der Waals surface area (Å²) < 4.78 is 0. The molecule has 0 bridgehead atoms. The number of thioether (sulfide) groups is 1. The number of amides is 2. The van der Waals surface area contributed by atoms with E-state index >= 15 is 0 Å². The van der Waals surface area contributed by atoms with Crippen molar-refractivity contribution in [3.63, 3.8) is 0 Å². The second-order valence-corrected chi connectivity index (χ2v) is 12.1. The molecule has 2 amide bonds. The van der Waals surface area contributed by atoms with E-state index in [4.69, 9.17) is 34.8 Å². The molecule has 0 radical (unpaired) electrons. The van der Waals surface area contributed by atoms with E-state index < -0.39 is 6.04 Å². The molecular formula is C31H33Cl3N2O2S. The van der Waals surface area contributed by atoms with Gasteiger partial charge in [0.1, 0.15) is 6.04 Å². The van der Waals surface area contributed by atoms with Gasteiger partial charge < -0.3 is 10.2 Å². The van der Waals surface area contributed by atoms with Crippen LogP contribution in [0, 0.1) is 0 Å². The van der Waals surface area contributed by atoms with Crippen molar-refractivity contribution in [2.45, 2.75) is 62.9 Å². The monoisotopic (exact) mass is 602 g/mol. The lowest BCUT2D eigenvalue weighted by molar-refractivity contribution is -0.139. The van der Waals surface area contributed by atoms with E-state index in [0.29, 0.717) is 32.8 Å². The van der Waals surface area contributed by atoms with Gasteiger partial charge >= 0.3 is 0 Å². The molecule has 0 spiro atoms. The SMILES string of the molecule is O=C(NC1CCCCC1)[C@@H](Cc1ccccc1)N(Cc1c(Cl)cccc1Cl)C(=O)CSCc1ccc(Cl)cc1. The van der Waals surface area contributed by atoms with Gasteiger partial charge in [-0.05, 0) is 48.2 Å². The fourth-order valence-electron chi connectivity index (χ4n) is 4.87. The lowest BCUT2D eigenvalue weighted by Crippen LogP contribution is -2.53. The van der Waals surface area contributed by atoms with E-state index in [1.54, 1.807) is 23.1 Å². The molecule has 0 heterocycles. The van der Waals surface area contributed by atoms with Gasteiger partial charge in [0.05, 0.1) is 5.75 Å². The third-order valence-corrected chi connectivity index (χ3v) is 8.97. The summed E-state index contributed by atoms with van der Waals surface area (Å²) in [6, 6.07) is 22.1. The van der Waals surface area contributed by atoms with Crippen molar-refractivity contribution in [3.8, 4) is 0 Å². The maximum absolute atomic E-state index is 13.9. The third-order valence-electron chi connectivity index (χ3n) is 7.02. The van der Waals surface area contributed by atoms with Crippen LogP contribution in [0.5, 0.6) is 0 Å². The van der Waals surface area contributed by atoms with Crippen LogP contribution in [0.2, 0.25) is 15.1 Å². The first-order chi connectivity index (χ1) is 18.9. The van der Waals surface area contributed by atoms with Crippen molar-refractivity contribution in [1.82, 2.24) is 10.2 Å². The first kappa shape index (κ1) is 29.8. The van der Waals surface area contributed by atoms with Crippen molar-refractivity contribution < 1.29 is 9.59 Å². The van der Waals surface area contributed by atoms with E-state index in [1.165, 1.54) is 18.2 Å². The number of nitrogens with one attached hydrogen (secondary N) is 1. The molecule has 39 heavy (non-hydrogen) atoms. The predicted octanol–water partition coefficient (Wildman–Crippen LogP) is 7.97. The highest BCUT2D eigenvalue weighted by molar-refractivity contribution is 7.99. The lowest BCUT2D eigenvalue weighted by Gasteiger charge is -2.34. The number of hydrogen-bond donors (Lipinski definition) is 1. The normalized spacial score (nSPS) is 14.5. The van der Waals surface area contributed by atoms with Gasteiger partial charge in [0.2, 0.25) is 11.8 Å². The number of carbonyl (C=O) groups is 2. The van der Waals surface area contributed by atoms with Crippen molar-refractivity contribution in [2.24, 2.45) is 0 Å². The molecule has 3 aromatic carbocycles. The average Bonchev–Trinajstić information content (AvgIpc) is 2.94. The number of nitrogens with zero attached hydrogens (tertiary/aromatic N) is 1. The Balaban J connectivity index is 1.60. The maximum atomic E-state index is 13.9. The van der Waals surface area contributed by atoms with Crippen LogP contribution in [-0.4, -0.2) is 34.6 Å². The molecule has 1 aliphatic carbocycles. The highest BCUT2D eigenvalue weighted by Crippen LogP contribution is 2.28. The van der Waals surface area contributed by atoms with Gasteiger partial charge in [-0.1, -0.05) is 103 Å². The largest absolute Gasteiger partial charge is 0.352 e. The minimum Gasteiger partial charge on any atom is -0.352 e. The zero-order valence-electron chi connectivity index (χ0n) is 21.8. The first-order valence-electron chi connectivity index (χ1n) is 13.3. The standard InChI is InChI=1S/C31H33Cl3N2O2S/c32-24-16-14-23(15-17-24)20-39-21-30(37)36(19-26-27(33)12-7-13-28(26)34)29(18-22-8-3-1-4-9-22)31(38)35-25-10-5-2-6-11-25/h1,3-4,7-9,12-17,25,29H,2,5-6,10-11,18-21H2,(H,35,38)/t29-/m1/s1. The summed E-state index contributed by atoms with van der Waals surface area (Å²) in [6.45, 7) is 0.147. The van der Waals surface area contributed by atoms with Crippen LogP contribution in [-0.2, 0) is 28.3 Å². The number of benzene rings is 3. The van der Waals surface area contributed by atoms with Crippen LogP contribution >= 0.6 is 46.6 Å². The minimum atomic E-state index is -0.703. The van der Waals surface area contributed by atoms with Gasteiger partial charge in [-0.25, -0.2) is 0 Å². The molecule has 3 aromatic rings. The molecule has 1 fully saturated rings. The highest BCUT2D eigenvalue weighted by atomic mass is 35.5. The fraction of sp³-hybridized carbons (Fsp3) is 0.355. The summed E-state index contributed by atoms with van der Waals surface area (Å²) in [5, 5.41) is 4.88. The van der Waals surface area contributed by atoms with Crippen LogP contribution in [0.4, 0.5) is 0 Å². The number of hydrogen-bond acceptors (Lipinski definition) is 3. The van der Waals surface area contributed by atoms with Crippen LogP contribution < -0.4 is 5.32 Å². The Morgan fingerprint density at radius 2 is 1.51 bits per heavy atom. The summed E-state index contributed by atoms with van der Waals surface area (Å²) in [7, 11) is 0. The lowest BCUT2D eigenvalue weighted by atomic mass is 9.94. The minimum absolute atomic E-state index is 0.129. The molecule has 0 aromatic heterocycles. The van der Waals surface area contributed by atoms with Crippen molar-refractivity contribution in [2.75, 3.05) is 5.75 Å². The molecule has 1 saturated carbocycles. The van der Waals surface area contributed by atoms with Gasteiger partial charge in [0.15, 0.2) is 0 Å². The van der Waals surface area contributed by atoms with Crippen LogP contribution in [0.25, 0.3) is 0 Å². The molecule has 1 N–H and O–H groups in total. The van der Waals surface area contributed by atoms with Gasteiger partial charge in [0.25, 0.3) is 0 Å². The molecule has 8 heteroatoms. The van der Waals surface area contributed by atoms with Gasteiger partial charge in [-0.2, -0.15) is 0 Å². The topological polar surface area (TPSA) is 49.4 Å². The molecule has 1 atom stereocenters. The summed E-state index contributed by atoms with van der Waals surface area (Å²) >= 11 is 20.6. The zero-order chi connectivity index (χ0) is 27.6. The fourth-order valence-corrected chi connectivity index (χ4v) is 6.39. The quantitative estimate of drug-likeness (QED) is 0.242. The van der Waals surface area contributed by atoms with Crippen LogP contribution in [0.15, 0.2) is 72.8 Å². The van der Waals surface area contributed by atoms with E-state index in [-0.39, 0.29) is 30.2 Å². The number of halogens is 3. The molecule has 206 valence electrons. The Hall–Kier alpha value is -2.18. The van der Waals surface area contributed by atoms with Crippen LogP contribution in [0.3, 0.4) is 0 Å². The third kappa shape index (κ3) is 8.91. The van der Waals surface area contributed by atoms with E-state index in [1.807, 2.05) is 54.6 Å². The number of carbonyl (C=O) groups excluding carboxylic acids is 2. The van der Waals surface area contributed by atoms with Gasteiger partial charge in [0, 0.05) is 45.4 Å². The Morgan fingerprint density at radius 1 is 0.846 bits per heavy atom. The molecule has 1 aliphatic rings. The Morgan fingerprint density at radius 3 is 2.18 bits per heavy atom. The zero-order valence-corrected chi connectivity index (χ0v) is 24.8. The molecule has 0 saturated heterocycles. The second kappa shape index (κ2) is 15.0. The summed E-state index contributed by atoms with van der Waals surface area (Å²) in [4.78, 5) is 29.4. The Kier molecular flexibility index (Phi) is 11.5. The van der Waals surface area contributed by atoms with Crippen LogP contribution in [0.1, 0.15) is 48.8 Å². The average molecular weight is 604 g/mol. The smallest absolute Gasteiger partial charge is 0.243 e. The molecule has 4 rings (SSSR count). The molecule has 4 nitrogen and oxygen atoms in total. The van der Waals surface area contributed by atoms with Gasteiger partial charge in [-0.3, -0.25) is 9.59 Å². The molecule has 0 aliphatic heterocycles. The van der Waals surface area contributed by atoms with E-state index in [9.17, 15) is 9.59 Å². The summed E-state index contributed by atoms with van der Waals surface area (Å²) in [6.07, 6.45) is 5.73. The Labute approximate surface area is 250 Å². The van der Waals surface area contributed by atoms with Crippen molar-refractivity contribution in [1.29, 1.82) is 0 Å². The predicted molar refractivity (Wildman–Crippen MR) is 164 cm³/mol. The first-order valence-corrected chi connectivity index (χ1v) is 15.6. The van der Waals surface area contributed by atoms with Crippen molar-refractivity contribution >= 4 is 58.4 Å². The second-order valence-electron chi connectivity index (χ2n) is 9.89. The molecular weight excluding hydrogens is 571 g/mol. The highest BCUT2D eigenvalue weighted by Gasteiger charge is 2.32. The maximum Gasteiger partial charge on any atom is 0.243 e. The number of rotatable bonds is 11. The van der Waals surface area contributed by atoms with Crippen molar-refractivity contribution in [3.05, 3.63) is 105 Å². The van der Waals surface area contributed by atoms with E-state index in [2.05, 4.69) is 5.32 Å². The molecule has 0 unspecified atom stereocenters. The summed E-state index contributed by atoms with van der Waals surface area (Å²) in [5.74, 6) is 0.600. The Bertz CT molecular complexity index is 1210. The van der Waals surface area contributed by atoms with E-state index in [0.717, 1.165) is 36.8 Å².